The zero-order valence-electron chi connectivity index (χ0n) is 28.0. The zero-order valence-corrected chi connectivity index (χ0v) is 29.7. The summed E-state index contributed by atoms with van der Waals surface area (Å²) in [6, 6.07) is 8.82. The number of likely N-dealkylation sites (tertiary alicyclic amines) is 1. The lowest BCUT2D eigenvalue weighted by molar-refractivity contribution is -0.141. The molecule has 1 fully saturated rings. The van der Waals surface area contributed by atoms with Gasteiger partial charge in [-0.25, -0.2) is 14.2 Å². The highest BCUT2D eigenvalue weighted by atomic mass is 35.5. The molecule has 3 amide bonds. The van der Waals surface area contributed by atoms with E-state index in [-0.39, 0.29) is 31.5 Å². The Morgan fingerprint density at radius 2 is 1.98 bits per heavy atom. The minimum Gasteiger partial charge on any atom is -0.436 e. The summed E-state index contributed by atoms with van der Waals surface area (Å²) in [6.07, 6.45) is 4.25. The number of nitrogens with zero attached hydrogens (tertiary/aromatic N) is 3. The lowest BCUT2D eigenvalue weighted by atomic mass is 9.82. The van der Waals surface area contributed by atoms with E-state index in [1.54, 1.807) is 17.0 Å². The van der Waals surface area contributed by atoms with Crippen molar-refractivity contribution in [3.63, 3.8) is 0 Å². The summed E-state index contributed by atoms with van der Waals surface area (Å²) in [5.74, 6) is -0.937. The normalized spacial score (nSPS) is 21.3. The highest BCUT2D eigenvalue weighted by Gasteiger charge is 2.48. The van der Waals surface area contributed by atoms with Crippen molar-refractivity contribution in [3.05, 3.63) is 64.3 Å². The molecule has 0 saturated carbocycles. The van der Waals surface area contributed by atoms with E-state index < -0.39 is 31.5 Å². The molecule has 2 N–H and O–H groups in total. The van der Waals surface area contributed by atoms with E-state index in [0.717, 1.165) is 17.2 Å². The number of carbonyl (C=O) groups is 3. The molecule has 256 valence electrons. The van der Waals surface area contributed by atoms with Crippen molar-refractivity contribution in [1.29, 1.82) is 0 Å². The molecule has 0 aliphatic carbocycles. The van der Waals surface area contributed by atoms with Gasteiger partial charge < -0.3 is 24.3 Å². The van der Waals surface area contributed by atoms with Gasteiger partial charge in [0.05, 0.1) is 29.5 Å². The molecule has 2 atom stereocenters. The van der Waals surface area contributed by atoms with Gasteiger partial charge in [0, 0.05) is 50.0 Å². The lowest BCUT2D eigenvalue weighted by Gasteiger charge is -2.46. The SMILES string of the molecule is Cc1cc(Cl)cc2c1NC(=O)O[C@]21CCCN(C(=O)C2CCCCC(=O)Nc3cc(F)ccc3-c3cn(COCC[Si](C)(C)C)c2n3)C1. The van der Waals surface area contributed by atoms with Crippen molar-refractivity contribution in [2.75, 3.05) is 30.3 Å². The van der Waals surface area contributed by atoms with Crippen molar-refractivity contribution in [3.8, 4) is 11.3 Å². The summed E-state index contributed by atoms with van der Waals surface area (Å²) in [5.41, 5.74) is 2.60. The van der Waals surface area contributed by atoms with Crippen LogP contribution in [0.1, 0.15) is 61.4 Å². The molecule has 1 aromatic heterocycles. The quantitative estimate of drug-likeness (QED) is 0.202. The highest BCUT2D eigenvalue weighted by Crippen LogP contribution is 2.45. The number of anilines is 2. The summed E-state index contributed by atoms with van der Waals surface area (Å²) in [6.45, 7) is 10.2. The number of carbonyl (C=O) groups excluding carboxylic acids is 3. The van der Waals surface area contributed by atoms with E-state index in [1.165, 1.54) is 12.1 Å². The number of benzene rings is 2. The average Bonchev–Trinajstić information content (AvgIpc) is 3.42. The first-order chi connectivity index (χ1) is 22.8. The molecule has 4 heterocycles. The number of fused-ring (bicyclic) bond motifs is 6. The highest BCUT2D eigenvalue weighted by molar-refractivity contribution is 6.76. The van der Waals surface area contributed by atoms with Crippen LogP contribution in [0.4, 0.5) is 20.6 Å². The molecular weight excluding hydrogens is 653 g/mol. The number of piperidine rings is 1. The number of hydrogen-bond donors (Lipinski definition) is 2. The molecule has 48 heavy (non-hydrogen) atoms. The van der Waals surface area contributed by atoms with Crippen LogP contribution in [0.25, 0.3) is 11.3 Å². The summed E-state index contributed by atoms with van der Waals surface area (Å²) < 4.78 is 28.4. The monoisotopic (exact) mass is 695 g/mol. The van der Waals surface area contributed by atoms with Crippen molar-refractivity contribution < 1.29 is 28.2 Å². The van der Waals surface area contributed by atoms with E-state index in [0.29, 0.717) is 78.7 Å². The number of amides is 3. The number of aryl methyl sites for hydroxylation is 1. The number of hydrogen-bond acceptors (Lipinski definition) is 6. The van der Waals surface area contributed by atoms with Crippen LogP contribution in [0.3, 0.4) is 0 Å². The summed E-state index contributed by atoms with van der Waals surface area (Å²) >= 11 is 6.48. The van der Waals surface area contributed by atoms with Crippen LogP contribution in [0.2, 0.25) is 30.7 Å². The standard InChI is InChI=1S/C35H43ClFN5O5Si/c1-22-16-23(36)17-27-31(22)40-34(45)47-35(27)12-7-13-41(20-35)33(44)26-8-5-6-9-30(43)38-28-18-24(37)10-11-25(28)29-19-42(32(26)39-29)21-46-14-15-48(2,3)4/h10-11,16-19,26H,5-9,12-15,20-21H2,1-4H3,(H,38,43)(H,40,45)/t26?,35-/m0/s1. The third-order valence-electron chi connectivity index (χ3n) is 9.40. The second-order valence-corrected chi connectivity index (χ2v) is 20.4. The largest absolute Gasteiger partial charge is 0.436 e. The van der Waals surface area contributed by atoms with Crippen LogP contribution < -0.4 is 10.6 Å². The summed E-state index contributed by atoms with van der Waals surface area (Å²) in [5, 5.41) is 6.21. The number of halogens is 2. The molecule has 1 spiro atoms. The average molecular weight is 696 g/mol. The van der Waals surface area contributed by atoms with Crippen LogP contribution >= 0.6 is 11.6 Å². The van der Waals surface area contributed by atoms with Gasteiger partial charge >= 0.3 is 6.09 Å². The molecule has 10 nitrogen and oxygen atoms in total. The molecule has 2 aromatic carbocycles. The number of rotatable bonds is 6. The first-order valence-corrected chi connectivity index (χ1v) is 20.7. The zero-order chi connectivity index (χ0) is 34.2. The topological polar surface area (TPSA) is 115 Å². The number of ether oxygens (including phenoxy) is 2. The predicted molar refractivity (Wildman–Crippen MR) is 185 cm³/mol. The minimum absolute atomic E-state index is 0.134. The Hall–Kier alpha value is -3.74. The van der Waals surface area contributed by atoms with Crippen molar-refractivity contribution >= 4 is 49.0 Å². The third kappa shape index (κ3) is 7.30. The van der Waals surface area contributed by atoms with Crippen LogP contribution in [0.5, 0.6) is 0 Å². The predicted octanol–water partition coefficient (Wildman–Crippen LogP) is 7.64. The second kappa shape index (κ2) is 13.6. The second-order valence-electron chi connectivity index (χ2n) is 14.4. The Kier molecular flexibility index (Phi) is 9.70. The van der Waals surface area contributed by atoms with E-state index in [1.807, 2.05) is 23.8 Å². The van der Waals surface area contributed by atoms with Crippen molar-refractivity contribution in [1.82, 2.24) is 14.5 Å². The molecule has 6 rings (SSSR count). The first kappa shape index (κ1) is 34.1. The molecule has 3 aliphatic heterocycles. The maximum Gasteiger partial charge on any atom is 0.412 e. The molecule has 3 aliphatic rings. The fourth-order valence-corrected chi connectivity index (χ4v) is 7.93. The van der Waals surface area contributed by atoms with Gasteiger partial charge in [0.15, 0.2) is 5.60 Å². The smallest absolute Gasteiger partial charge is 0.412 e. The maximum atomic E-state index is 14.7. The number of imidazole rings is 1. The first-order valence-electron chi connectivity index (χ1n) is 16.7. The van der Waals surface area contributed by atoms with Gasteiger partial charge in [-0.3, -0.25) is 14.9 Å². The fraction of sp³-hybridized carbons (Fsp3) is 0.486. The lowest BCUT2D eigenvalue weighted by Crippen LogP contribution is -2.54. The van der Waals surface area contributed by atoms with E-state index in [4.69, 9.17) is 26.1 Å². The van der Waals surface area contributed by atoms with E-state index in [9.17, 15) is 18.8 Å². The van der Waals surface area contributed by atoms with E-state index >= 15 is 0 Å². The Morgan fingerprint density at radius 3 is 2.77 bits per heavy atom. The van der Waals surface area contributed by atoms with E-state index in [2.05, 4.69) is 30.3 Å². The maximum absolute atomic E-state index is 14.7. The molecule has 0 radical (unpaired) electrons. The van der Waals surface area contributed by atoms with Crippen LogP contribution in [-0.2, 0) is 31.4 Å². The van der Waals surface area contributed by atoms with Gasteiger partial charge in [-0.1, -0.05) is 37.7 Å². The van der Waals surface area contributed by atoms with Gasteiger partial charge in [0.2, 0.25) is 11.8 Å². The molecule has 1 saturated heterocycles. The van der Waals surface area contributed by atoms with Gasteiger partial charge in [-0.15, -0.1) is 0 Å². The Balaban J connectivity index is 1.38. The molecule has 13 heteroatoms. The molecule has 2 bridgehead atoms. The molecule has 1 unspecified atom stereocenters. The van der Waals surface area contributed by atoms with Crippen LogP contribution in [0.15, 0.2) is 36.5 Å². The van der Waals surface area contributed by atoms with Gasteiger partial charge in [-0.2, -0.15) is 0 Å². The Bertz CT molecular complexity index is 1740. The number of aromatic nitrogens is 2. The van der Waals surface area contributed by atoms with Crippen LogP contribution in [0, 0.1) is 12.7 Å². The Labute approximate surface area is 286 Å². The molecular formula is C35H43ClFN5O5Si. The van der Waals surface area contributed by atoms with Gasteiger partial charge in [-0.05, 0) is 74.5 Å². The Morgan fingerprint density at radius 1 is 1.17 bits per heavy atom. The summed E-state index contributed by atoms with van der Waals surface area (Å²) in [7, 11) is -1.35. The van der Waals surface area contributed by atoms with Crippen molar-refractivity contribution in [2.24, 2.45) is 0 Å². The number of nitrogens with one attached hydrogen (secondary N) is 2. The van der Waals surface area contributed by atoms with Crippen molar-refractivity contribution in [2.45, 2.75) is 89.4 Å². The van der Waals surface area contributed by atoms with Gasteiger partial charge in [0.1, 0.15) is 18.4 Å². The molecule has 3 aromatic rings. The van der Waals surface area contributed by atoms with Gasteiger partial charge in [0.25, 0.3) is 0 Å². The summed E-state index contributed by atoms with van der Waals surface area (Å²) in [4.78, 5) is 47.2. The third-order valence-corrected chi connectivity index (χ3v) is 11.3. The van der Waals surface area contributed by atoms with Crippen LogP contribution in [-0.4, -0.2) is 60.1 Å². The fourth-order valence-electron chi connectivity index (χ4n) is 6.90. The minimum atomic E-state index is -1.35.